The Hall–Kier alpha value is -1.40. The van der Waals surface area contributed by atoms with Crippen molar-refractivity contribution in [1.29, 1.82) is 0 Å². The fourth-order valence-electron chi connectivity index (χ4n) is 12.8. The first-order chi connectivity index (χ1) is 42.0. The van der Waals surface area contributed by atoms with Crippen molar-refractivity contribution in [1.82, 2.24) is 5.32 Å². The molecule has 506 valence electrons. The number of aliphatic hydroxyl groups is 2. The maximum absolute atomic E-state index is 12.5. The molecule has 0 aliphatic heterocycles. The Morgan fingerprint density at radius 3 is 0.800 bits per heavy atom. The van der Waals surface area contributed by atoms with Crippen molar-refractivity contribution in [2.75, 3.05) is 13.2 Å². The Morgan fingerprint density at radius 1 is 0.318 bits per heavy atom. The molecule has 0 saturated heterocycles. The summed E-state index contributed by atoms with van der Waals surface area (Å²) in [6.07, 6.45) is 94.7. The molecule has 0 aromatic carbocycles. The highest BCUT2D eigenvalue weighted by molar-refractivity contribution is 5.76. The summed E-state index contributed by atoms with van der Waals surface area (Å²) in [5, 5.41) is 23.3. The van der Waals surface area contributed by atoms with Crippen LogP contribution in [0.1, 0.15) is 457 Å². The number of ether oxygens (including phenoxy) is 1. The molecule has 3 N–H and O–H groups in total. The average Bonchev–Trinajstić information content (AvgIpc) is 3.51. The Morgan fingerprint density at radius 2 is 0.541 bits per heavy atom. The summed E-state index contributed by atoms with van der Waals surface area (Å²) in [5.74, 6) is -0.0359. The Labute approximate surface area is 533 Å². The summed E-state index contributed by atoms with van der Waals surface area (Å²) in [6.45, 7) is 4.97. The van der Waals surface area contributed by atoms with E-state index in [1.807, 2.05) is 6.08 Å². The van der Waals surface area contributed by atoms with Gasteiger partial charge in [-0.15, -0.1) is 0 Å². The summed E-state index contributed by atoms with van der Waals surface area (Å²) in [7, 11) is 0. The van der Waals surface area contributed by atoms with Gasteiger partial charge < -0.3 is 20.3 Å². The third-order valence-electron chi connectivity index (χ3n) is 18.8. The highest BCUT2D eigenvalue weighted by Gasteiger charge is 2.18. The Kier molecular flexibility index (Phi) is 73.8. The van der Waals surface area contributed by atoms with E-state index in [0.29, 0.717) is 19.4 Å². The zero-order chi connectivity index (χ0) is 61.3. The second-order valence-corrected chi connectivity index (χ2v) is 27.4. The smallest absolute Gasteiger partial charge is 0.305 e. The van der Waals surface area contributed by atoms with Crippen LogP contribution in [-0.2, 0) is 14.3 Å². The van der Waals surface area contributed by atoms with Crippen molar-refractivity contribution in [2.45, 2.75) is 469 Å². The molecule has 6 nitrogen and oxygen atoms in total. The van der Waals surface area contributed by atoms with Crippen LogP contribution in [0.25, 0.3) is 0 Å². The van der Waals surface area contributed by atoms with E-state index in [9.17, 15) is 19.8 Å². The monoisotopic (exact) mass is 1200 g/mol. The fraction of sp³-hybridized carbons (Fsp3) is 0.949. The van der Waals surface area contributed by atoms with E-state index in [0.717, 1.165) is 38.5 Å². The predicted molar refractivity (Wildman–Crippen MR) is 375 cm³/mol. The number of aliphatic hydroxyl groups excluding tert-OH is 2. The number of allylic oxidation sites excluding steroid dienone is 1. The summed E-state index contributed by atoms with van der Waals surface area (Å²) in [5.41, 5.74) is 0. The molecule has 0 aliphatic rings. The normalized spacial score (nSPS) is 12.5. The van der Waals surface area contributed by atoms with Gasteiger partial charge in [0.1, 0.15) is 0 Å². The Bertz CT molecular complexity index is 1290. The zero-order valence-corrected chi connectivity index (χ0v) is 58.1. The number of carbonyl (C=O) groups is 2. The maximum atomic E-state index is 12.5. The molecule has 0 aliphatic carbocycles. The quantitative estimate of drug-likeness (QED) is 0.0320. The van der Waals surface area contributed by atoms with Crippen molar-refractivity contribution in [3.63, 3.8) is 0 Å². The minimum Gasteiger partial charge on any atom is -0.466 e. The van der Waals surface area contributed by atoms with Crippen molar-refractivity contribution >= 4 is 11.9 Å². The zero-order valence-electron chi connectivity index (χ0n) is 58.1. The van der Waals surface area contributed by atoms with Crippen molar-refractivity contribution < 1.29 is 24.5 Å². The number of esters is 1. The summed E-state index contributed by atoms with van der Waals surface area (Å²) < 4.78 is 5.52. The lowest BCUT2D eigenvalue weighted by molar-refractivity contribution is -0.143. The second-order valence-electron chi connectivity index (χ2n) is 27.4. The third-order valence-corrected chi connectivity index (χ3v) is 18.8. The van der Waals surface area contributed by atoms with E-state index < -0.39 is 12.1 Å². The minimum absolute atomic E-state index is 0.0239. The van der Waals surface area contributed by atoms with Crippen LogP contribution in [0, 0.1) is 0 Å². The molecule has 0 heterocycles. The number of carbonyl (C=O) groups excluding carboxylic acids is 2. The van der Waals surface area contributed by atoms with Gasteiger partial charge in [-0.05, 0) is 32.1 Å². The van der Waals surface area contributed by atoms with E-state index >= 15 is 0 Å². The van der Waals surface area contributed by atoms with E-state index in [-0.39, 0.29) is 18.5 Å². The van der Waals surface area contributed by atoms with Crippen LogP contribution in [0.15, 0.2) is 12.2 Å². The van der Waals surface area contributed by atoms with Gasteiger partial charge in [-0.25, -0.2) is 0 Å². The topological polar surface area (TPSA) is 95.9 Å². The lowest BCUT2D eigenvalue weighted by Crippen LogP contribution is -2.45. The van der Waals surface area contributed by atoms with Gasteiger partial charge in [0, 0.05) is 12.8 Å². The first-order valence-corrected chi connectivity index (χ1v) is 39.5. The van der Waals surface area contributed by atoms with E-state index in [2.05, 4.69) is 19.2 Å². The highest BCUT2D eigenvalue weighted by atomic mass is 16.5. The lowest BCUT2D eigenvalue weighted by atomic mass is 10.0. The van der Waals surface area contributed by atoms with Gasteiger partial charge in [-0.1, -0.05) is 424 Å². The van der Waals surface area contributed by atoms with Crippen LogP contribution in [0.5, 0.6) is 0 Å². The molecule has 0 aromatic rings. The molecule has 2 unspecified atom stereocenters. The molecule has 0 aromatic heterocycles. The second kappa shape index (κ2) is 75.1. The van der Waals surface area contributed by atoms with E-state index in [4.69, 9.17) is 4.74 Å². The molecule has 0 saturated carbocycles. The van der Waals surface area contributed by atoms with Crippen LogP contribution >= 0.6 is 0 Å². The molecular weight excluding hydrogens is 1040 g/mol. The maximum Gasteiger partial charge on any atom is 0.305 e. The highest BCUT2D eigenvalue weighted by Crippen LogP contribution is 2.20. The number of hydrogen-bond acceptors (Lipinski definition) is 5. The van der Waals surface area contributed by atoms with E-state index in [1.165, 1.54) is 392 Å². The van der Waals surface area contributed by atoms with Crippen molar-refractivity contribution in [3.05, 3.63) is 12.2 Å². The summed E-state index contributed by atoms with van der Waals surface area (Å²) in [6, 6.07) is -0.626. The SMILES string of the molecule is CCCCCCCCCCCCCCCCCCCCCC/C=C/C(O)C(CO)NC(=O)CCCCCCCCCCCCCCCCCCCCCCCCCCCCCOC(=O)CCCCCCCCCCCCCCCCCCCCC. The molecule has 0 radical (unpaired) electrons. The van der Waals surface area contributed by atoms with Gasteiger partial charge in [0.25, 0.3) is 0 Å². The van der Waals surface area contributed by atoms with Gasteiger partial charge in [0.2, 0.25) is 5.91 Å². The molecule has 6 heteroatoms. The Balaban J connectivity index is 3.35. The number of hydrogen-bond donors (Lipinski definition) is 3. The van der Waals surface area contributed by atoms with Gasteiger partial charge in [0.05, 0.1) is 25.4 Å². The van der Waals surface area contributed by atoms with Crippen LogP contribution in [0.2, 0.25) is 0 Å². The molecule has 0 fully saturated rings. The third kappa shape index (κ3) is 71.6. The standard InChI is InChI=1S/C79H155NO5/c1-3-5-7-9-11-13-15-17-19-21-23-24-32-36-39-43-47-51-55-59-63-67-71-77(82)76(75-81)80-78(83)72-68-64-60-56-52-48-44-40-37-33-30-28-26-25-27-29-31-34-38-42-46-50-54-58-62-66-70-74-85-79(84)73-69-65-61-57-53-49-45-41-35-22-20-18-16-14-12-10-8-6-4-2/h67,71,76-77,81-82H,3-66,68-70,72-75H2,1-2H3,(H,80,83)/b71-67+. The van der Waals surface area contributed by atoms with Crippen LogP contribution in [0.3, 0.4) is 0 Å². The van der Waals surface area contributed by atoms with Crippen molar-refractivity contribution in [2.24, 2.45) is 0 Å². The average molecular weight is 1200 g/mol. The van der Waals surface area contributed by atoms with Gasteiger partial charge in [-0.3, -0.25) is 9.59 Å². The first-order valence-electron chi connectivity index (χ1n) is 39.5. The van der Waals surface area contributed by atoms with Crippen LogP contribution < -0.4 is 5.32 Å². The molecule has 0 rings (SSSR count). The van der Waals surface area contributed by atoms with E-state index in [1.54, 1.807) is 6.08 Å². The summed E-state index contributed by atoms with van der Waals surface area (Å²) >= 11 is 0. The molecule has 0 spiro atoms. The number of rotatable bonds is 75. The number of amides is 1. The molecule has 0 bridgehead atoms. The minimum atomic E-state index is -0.843. The fourth-order valence-corrected chi connectivity index (χ4v) is 12.8. The predicted octanol–water partition coefficient (Wildman–Crippen LogP) is 25.9. The largest absolute Gasteiger partial charge is 0.466 e. The van der Waals surface area contributed by atoms with Crippen molar-refractivity contribution in [3.8, 4) is 0 Å². The first kappa shape index (κ1) is 83.6. The van der Waals surface area contributed by atoms with Gasteiger partial charge in [-0.2, -0.15) is 0 Å². The molecule has 1 amide bonds. The summed E-state index contributed by atoms with van der Waals surface area (Å²) in [4.78, 5) is 24.7. The molecular formula is C79H155NO5. The molecule has 85 heavy (non-hydrogen) atoms. The number of nitrogens with one attached hydrogen (secondary N) is 1. The number of unbranched alkanes of at least 4 members (excludes halogenated alkanes) is 64. The lowest BCUT2D eigenvalue weighted by Gasteiger charge is -2.20. The van der Waals surface area contributed by atoms with Crippen LogP contribution in [-0.4, -0.2) is 47.4 Å². The van der Waals surface area contributed by atoms with Gasteiger partial charge in [0.15, 0.2) is 0 Å². The van der Waals surface area contributed by atoms with Gasteiger partial charge >= 0.3 is 5.97 Å². The van der Waals surface area contributed by atoms with Crippen LogP contribution in [0.4, 0.5) is 0 Å². The molecule has 2 atom stereocenters.